The van der Waals surface area contributed by atoms with Gasteiger partial charge in [-0.3, -0.25) is 0 Å². The molecule has 0 fully saturated rings. The van der Waals surface area contributed by atoms with Crippen LogP contribution in [-0.4, -0.2) is 61.9 Å². The molecular formula is C44H24MnN4O12S4-4. The van der Waals surface area contributed by atoms with Crippen molar-refractivity contribution in [3.8, 4) is 44.5 Å². The van der Waals surface area contributed by atoms with E-state index in [1.54, 1.807) is 48.6 Å². The van der Waals surface area contributed by atoms with E-state index in [0.29, 0.717) is 89.4 Å². The second-order valence-electron chi connectivity index (χ2n) is 14.3. The van der Waals surface area contributed by atoms with Gasteiger partial charge in [-0.25, -0.2) is 43.6 Å². The number of benzene rings is 4. The van der Waals surface area contributed by atoms with Gasteiger partial charge >= 0.3 is 17.1 Å². The fourth-order valence-corrected chi connectivity index (χ4v) is 9.30. The number of fused-ring (bicyclic) bond motifs is 8. The standard InChI is InChI=1S/C44H28N4O12S4.Mn/c49-61(50,51)29-9-1-25(2-10-29)41-33-17-19-35(45-33)42(26-3-11-30(12-4-26)62(52,53)54)37-21-23-39(47-37)44(28-7-15-32(16-8-28)64(58,59)60)40-24-22-38(48-40)43(36-20-18-34(41)46-36)27-5-13-31(14-6-27)63(55,56)57;/h1-24H,(H,49,50,51)(H,52,53,54)(H,55,56,57)(H,58,59,60);/q-2;+2/p-4. The SMILES string of the molecule is O=S(=O)([O-])c1ccc(-c2c3nc(c(-c4ccc(S(=O)(=O)[O-])cc4)c4ccc([n-]4)c(-c4ccc(S(=O)(=O)[O-])cc4)c4nc(c(-c5ccc(S(=O)(=O)[O-])cc5)c5ccc2[n-]5)C=C4)C=C3)cc1.[Mn+2]. The van der Waals surface area contributed by atoms with Gasteiger partial charge < -0.3 is 28.2 Å². The second-order valence-corrected chi connectivity index (χ2v) is 19.8. The zero-order chi connectivity index (χ0) is 45.3. The van der Waals surface area contributed by atoms with Crippen LogP contribution in [0.4, 0.5) is 0 Å². The predicted molar refractivity (Wildman–Crippen MR) is 230 cm³/mol. The van der Waals surface area contributed by atoms with Crippen LogP contribution in [0.5, 0.6) is 0 Å². The van der Waals surface area contributed by atoms with Crippen molar-refractivity contribution >= 4 is 86.8 Å². The van der Waals surface area contributed by atoms with Crippen molar-refractivity contribution in [3.05, 3.63) is 144 Å². The fourth-order valence-electron chi connectivity index (χ4n) is 7.42. The van der Waals surface area contributed by atoms with E-state index >= 15 is 0 Å². The van der Waals surface area contributed by atoms with Crippen LogP contribution in [0.1, 0.15) is 22.8 Å². The largest absolute Gasteiger partial charge is 2.00 e. The molecule has 0 saturated heterocycles. The zero-order valence-corrected chi connectivity index (χ0v) is 37.0. The molecule has 65 heavy (non-hydrogen) atoms. The number of rotatable bonds is 8. The van der Waals surface area contributed by atoms with E-state index in [9.17, 15) is 51.9 Å². The molecule has 3 aromatic heterocycles. The number of aromatic nitrogens is 4. The van der Waals surface area contributed by atoms with Crippen LogP contribution in [0.15, 0.2) is 141 Å². The van der Waals surface area contributed by atoms with Crippen LogP contribution >= 0.6 is 0 Å². The van der Waals surface area contributed by atoms with Gasteiger partial charge in [-0.1, -0.05) is 72.8 Å². The second kappa shape index (κ2) is 16.6. The van der Waals surface area contributed by atoms with E-state index in [-0.39, 0.29) is 17.1 Å². The molecule has 1 radical (unpaired) electrons. The summed E-state index contributed by atoms with van der Waals surface area (Å²) >= 11 is 0. The molecule has 9 rings (SSSR count). The van der Waals surface area contributed by atoms with E-state index in [1.807, 2.05) is 0 Å². The molecule has 16 nitrogen and oxygen atoms in total. The molecule has 0 aliphatic carbocycles. The summed E-state index contributed by atoms with van der Waals surface area (Å²) in [5.74, 6) is 0. The Balaban J connectivity index is 0.00000576. The first kappa shape index (κ1) is 45.2. The molecule has 21 heteroatoms. The maximum absolute atomic E-state index is 11.9. The van der Waals surface area contributed by atoms with Crippen molar-refractivity contribution < 1.29 is 69.0 Å². The Morgan fingerprint density at radius 1 is 0.308 bits per heavy atom. The van der Waals surface area contributed by atoms with E-state index in [1.165, 1.54) is 48.5 Å². The minimum absolute atomic E-state index is 0. The zero-order valence-electron chi connectivity index (χ0n) is 32.6. The Morgan fingerprint density at radius 3 is 0.662 bits per heavy atom. The minimum atomic E-state index is -4.82. The summed E-state index contributed by atoms with van der Waals surface area (Å²) in [6, 6.07) is 27.2. The Labute approximate surface area is 381 Å². The Bertz CT molecular complexity index is 3300. The molecule has 2 aliphatic heterocycles. The summed E-state index contributed by atoms with van der Waals surface area (Å²) in [5, 5.41) is 0. The van der Waals surface area contributed by atoms with Crippen LogP contribution in [0.3, 0.4) is 0 Å². The monoisotopic (exact) mass is 983 g/mol. The summed E-state index contributed by atoms with van der Waals surface area (Å²) in [6.07, 6.45) is 6.65. The Kier molecular flexibility index (Phi) is 11.5. The first-order valence-electron chi connectivity index (χ1n) is 18.5. The van der Waals surface area contributed by atoms with Crippen LogP contribution in [0.25, 0.3) is 90.9 Å². The summed E-state index contributed by atoms with van der Waals surface area (Å²) < 4.78 is 143. The summed E-state index contributed by atoms with van der Waals surface area (Å²) in [4.78, 5) is 18.0. The maximum atomic E-state index is 11.9. The molecule has 2 aliphatic rings. The first-order chi connectivity index (χ1) is 30.2. The van der Waals surface area contributed by atoms with Crippen molar-refractivity contribution in [1.29, 1.82) is 0 Å². The van der Waals surface area contributed by atoms with Gasteiger partial charge in [-0.05, 0) is 117 Å². The van der Waals surface area contributed by atoms with Gasteiger partial charge in [0.15, 0.2) is 0 Å². The summed E-state index contributed by atoms with van der Waals surface area (Å²) in [6.45, 7) is 0. The van der Waals surface area contributed by atoms with Gasteiger partial charge in [-0.15, -0.1) is 22.1 Å². The number of hydrogen-bond donors (Lipinski definition) is 0. The van der Waals surface area contributed by atoms with Gasteiger partial charge in [0.25, 0.3) is 0 Å². The third-order valence-electron chi connectivity index (χ3n) is 10.3. The maximum Gasteiger partial charge on any atom is 2.00 e. The van der Waals surface area contributed by atoms with Gasteiger partial charge in [0.1, 0.15) is 40.5 Å². The first-order valence-corrected chi connectivity index (χ1v) is 24.2. The van der Waals surface area contributed by atoms with Crippen molar-refractivity contribution in [3.63, 3.8) is 0 Å². The van der Waals surface area contributed by atoms with Crippen LogP contribution in [0, 0.1) is 0 Å². The molecule has 5 heterocycles. The summed E-state index contributed by atoms with van der Waals surface area (Å²) in [7, 11) is -19.3. The third-order valence-corrected chi connectivity index (χ3v) is 13.7. The molecular weight excluding hydrogens is 960 g/mol. The van der Waals surface area contributed by atoms with Crippen molar-refractivity contribution in [2.24, 2.45) is 0 Å². The normalized spacial score (nSPS) is 12.9. The van der Waals surface area contributed by atoms with Gasteiger partial charge in [-0.2, -0.15) is 0 Å². The van der Waals surface area contributed by atoms with Crippen LogP contribution < -0.4 is 9.97 Å². The quantitative estimate of drug-likeness (QED) is 0.121. The van der Waals surface area contributed by atoms with Crippen molar-refractivity contribution in [2.75, 3.05) is 0 Å². The average molecular weight is 984 g/mol. The van der Waals surface area contributed by atoms with E-state index in [2.05, 4.69) is 0 Å². The molecule has 7 aromatic rings. The Hall–Kier alpha value is -6.36. The van der Waals surface area contributed by atoms with E-state index in [0.717, 1.165) is 48.5 Å². The number of nitrogens with zero attached hydrogens (tertiary/aromatic N) is 4. The smallest absolute Gasteiger partial charge is 0.744 e. The van der Waals surface area contributed by atoms with Crippen molar-refractivity contribution in [1.82, 2.24) is 19.9 Å². The van der Waals surface area contributed by atoms with Crippen LogP contribution in [-0.2, 0) is 57.5 Å². The molecule has 0 spiro atoms. The third kappa shape index (κ3) is 8.89. The molecule has 0 atom stereocenters. The van der Waals surface area contributed by atoms with Gasteiger partial charge in [0.2, 0.25) is 0 Å². The number of hydrogen-bond acceptors (Lipinski definition) is 14. The topological polar surface area (TPSA) is 283 Å². The minimum Gasteiger partial charge on any atom is -0.744 e. The summed E-state index contributed by atoms with van der Waals surface area (Å²) in [5.41, 5.74) is 5.63. The van der Waals surface area contributed by atoms with E-state index < -0.39 is 60.1 Å². The van der Waals surface area contributed by atoms with Crippen molar-refractivity contribution in [2.45, 2.75) is 19.6 Å². The van der Waals surface area contributed by atoms with Gasteiger partial charge in [0, 0.05) is 0 Å². The van der Waals surface area contributed by atoms with Gasteiger partial charge in [0.05, 0.1) is 42.4 Å². The molecule has 4 aromatic carbocycles. The van der Waals surface area contributed by atoms with Crippen LogP contribution in [0.2, 0.25) is 0 Å². The molecule has 327 valence electrons. The fraction of sp³-hybridized carbons (Fsp3) is 0. The molecule has 0 saturated carbocycles. The molecule has 0 N–H and O–H groups in total. The molecule has 0 amide bonds. The average Bonchev–Trinajstić information content (AvgIpc) is 4.08. The predicted octanol–water partition coefficient (Wildman–Crippen LogP) is 6.20. The molecule has 8 bridgehead atoms. The molecule has 0 unspecified atom stereocenters. The Morgan fingerprint density at radius 2 is 0.492 bits per heavy atom. The van der Waals surface area contributed by atoms with E-state index in [4.69, 9.17) is 19.9 Å².